The number of aromatic amines is 1. The van der Waals surface area contributed by atoms with Gasteiger partial charge in [0, 0.05) is 11.1 Å². The van der Waals surface area contributed by atoms with Gasteiger partial charge in [-0.15, -0.1) is 0 Å². The highest BCUT2D eigenvalue weighted by molar-refractivity contribution is 8.00. The Balaban J connectivity index is 1.55. The van der Waals surface area contributed by atoms with Crippen LogP contribution in [0.2, 0.25) is 0 Å². The third-order valence-corrected chi connectivity index (χ3v) is 5.58. The van der Waals surface area contributed by atoms with E-state index in [1.54, 1.807) is 0 Å². The van der Waals surface area contributed by atoms with E-state index >= 15 is 0 Å². The number of fused-ring (bicyclic) bond motifs is 2. The number of amides is 1. The van der Waals surface area contributed by atoms with Gasteiger partial charge in [-0.25, -0.2) is 4.98 Å². The van der Waals surface area contributed by atoms with Crippen LogP contribution in [0.15, 0.2) is 71.9 Å². The molecule has 4 aromatic rings. The molecule has 1 heterocycles. The zero-order valence-electron chi connectivity index (χ0n) is 14.4. The summed E-state index contributed by atoms with van der Waals surface area (Å²) < 4.78 is 0. The highest BCUT2D eigenvalue weighted by atomic mass is 32.2. The lowest BCUT2D eigenvalue weighted by molar-refractivity contribution is -0.115. The predicted octanol–water partition coefficient (Wildman–Crippen LogP) is 5.23. The van der Waals surface area contributed by atoms with E-state index in [1.165, 1.54) is 11.8 Å². The van der Waals surface area contributed by atoms with Gasteiger partial charge < -0.3 is 10.3 Å². The van der Waals surface area contributed by atoms with Gasteiger partial charge in [0.05, 0.1) is 16.3 Å². The Hall–Kier alpha value is -2.79. The molecule has 0 unspecified atom stereocenters. The van der Waals surface area contributed by atoms with Crippen LogP contribution in [0.4, 0.5) is 5.69 Å². The molecule has 130 valence electrons. The third kappa shape index (κ3) is 3.30. The molecule has 2 N–H and O–H groups in total. The van der Waals surface area contributed by atoms with Gasteiger partial charge in [0.1, 0.15) is 0 Å². The number of hydrogen-bond acceptors (Lipinski definition) is 3. The summed E-state index contributed by atoms with van der Waals surface area (Å²) in [5.74, 6) is -0.00527. The van der Waals surface area contributed by atoms with Gasteiger partial charge >= 0.3 is 0 Å². The van der Waals surface area contributed by atoms with Gasteiger partial charge in [-0.05, 0) is 30.0 Å². The molecular weight excluding hydrogens is 342 g/mol. The van der Waals surface area contributed by atoms with Crippen molar-refractivity contribution >= 4 is 45.2 Å². The molecule has 5 heteroatoms. The first-order valence-corrected chi connectivity index (χ1v) is 9.52. The molecule has 1 aromatic heterocycles. The summed E-state index contributed by atoms with van der Waals surface area (Å²) >= 11 is 1.47. The van der Waals surface area contributed by atoms with Crippen LogP contribution in [0.25, 0.3) is 21.8 Å². The van der Waals surface area contributed by atoms with Crippen LogP contribution < -0.4 is 5.32 Å². The van der Waals surface area contributed by atoms with Crippen LogP contribution in [0.1, 0.15) is 13.3 Å². The van der Waals surface area contributed by atoms with Gasteiger partial charge in [-0.1, -0.05) is 67.2 Å². The molecule has 0 radical (unpaired) electrons. The summed E-state index contributed by atoms with van der Waals surface area (Å²) in [5, 5.41) is 5.81. The lowest BCUT2D eigenvalue weighted by atomic mass is 10.1. The lowest BCUT2D eigenvalue weighted by Crippen LogP contribution is -2.24. The molecule has 0 saturated carbocycles. The van der Waals surface area contributed by atoms with E-state index in [1.807, 2.05) is 73.7 Å². The van der Waals surface area contributed by atoms with E-state index < -0.39 is 0 Å². The number of carbonyl (C=O) groups is 1. The maximum atomic E-state index is 12.8. The Kier molecular flexibility index (Phi) is 4.63. The van der Waals surface area contributed by atoms with Crippen molar-refractivity contribution in [3.63, 3.8) is 0 Å². The number of benzene rings is 3. The third-order valence-electron chi connectivity index (χ3n) is 4.33. The van der Waals surface area contributed by atoms with Crippen LogP contribution in [-0.4, -0.2) is 21.1 Å². The van der Waals surface area contributed by atoms with Crippen molar-refractivity contribution in [2.75, 3.05) is 5.32 Å². The Bertz CT molecular complexity index is 1030. The van der Waals surface area contributed by atoms with Gasteiger partial charge in [-0.3, -0.25) is 4.79 Å². The normalized spacial score (nSPS) is 12.3. The monoisotopic (exact) mass is 361 g/mol. The SMILES string of the molecule is CC[C@H](Sc1nc2ccccc2[nH]1)C(=O)Nc1cccc2ccccc12. The van der Waals surface area contributed by atoms with E-state index in [-0.39, 0.29) is 11.2 Å². The Morgan fingerprint density at radius 2 is 1.85 bits per heavy atom. The topological polar surface area (TPSA) is 57.8 Å². The average Bonchev–Trinajstić information content (AvgIpc) is 3.09. The summed E-state index contributed by atoms with van der Waals surface area (Å²) in [6.07, 6.45) is 0.721. The molecule has 3 aromatic carbocycles. The van der Waals surface area contributed by atoms with E-state index in [9.17, 15) is 4.79 Å². The number of rotatable bonds is 5. The van der Waals surface area contributed by atoms with Gasteiger partial charge in [-0.2, -0.15) is 0 Å². The van der Waals surface area contributed by atoms with Crippen LogP contribution in [0, 0.1) is 0 Å². The number of imidazole rings is 1. The molecule has 4 rings (SSSR count). The molecular formula is C21H19N3OS. The molecule has 0 fully saturated rings. The number of para-hydroxylation sites is 2. The summed E-state index contributed by atoms with van der Waals surface area (Å²) in [7, 11) is 0. The second kappa shape index (κ2) is 7.22. The van der Waals surface area contributed by atoms with Crippen molar-refractivity contribution in [2.45, 2.75) is 23.8 Å². The Morgan fingerprint density at radius 1 is 1.08 bits per heavy atom. The number of nitrogens with one attached hydrogen (secondary N) is 2. The number of H-pyrrole nitrogens is 1. The molecule has 0 saturated heterocycles. The summed E-state index contributed by atoms with van der Waals surface area (Å²) in [4.78, 5) is 20.7. The van der Waals surface area contributed by atoms with Crippen molar-refractivity contribution in [3.05, 3.63) is 66.7 Å². The van der Waals surface area contributed by atoms with Gasteiger partial charge in [0.2, 0.25) is 5.91 Å². The highest BCUT2D eigenvalue weighted by Crippen LogP contribution is 2.28. The predicted molar refractivity (Wildman–Crippen MR) is 109 cm³/mol. The van der Waals surface area contributed by atoms with Crippen molar-refractivity contribution < 1.29 is 4.79 Å². The first-order valence-electron chi connectivity index (χ1n) is 8.64. The second-order valence-corrected chi connectivity index (χ2v) is 7.28. The second-order valence-electron chi connectivity index (χ2n) is 6.09. The zero-order valence-corrected chi connectivity index (χ0v) is 15.2. The number of nitrogens with zero attached hydrogens (tertiary/aromatic N) is 1. The van der Waals surface area contributed by atoms with Crippen molar-refractivity contribution in [3.8, 4) is 0 Å². The van der Waals surface area contributed by atoms with Gasteiger partial charge in [0.15, 0.2) is 5.16 Å². The van der Waals surface area contributed by atoms with E-state index in [2.05, 4.69) is 15.3 Å². The van der Waals surface area contributed by atoms with Gasteiger partial charge in [0.25, 0.3) is 0 Å². The molecule has 0 aliphatic heterocycles. The zero-order chi connectivity index (χ0) is 17.9. The lowest BCUT2D eigenvalue weighted by Gasteiger charge is -2.14. The van der Waals surface area contributed by atoms with Crippen LogP contribution in [0.5, 0.6) is 0 Å². The maximum absolute atomic E-state index is 12.8. The minimum atomic E-state index is -0.213. The summed E-state index contributed by atoms with van der Waals surface area (Å²) in [6.45, 7) is 2.02. The fraction of sp³-hybridized carbons (Fsp3) is 0.143. The quantitative estimate of drug-likeness (QED) is 0.479. The van der Waals surface area contributed by atoms with Crippen molar-refractivity contribution in [2.24, 2.45) is 0 Å². The standard InChI is InChI=1S/C21H19N3OS/c1-2-19(26-21-23-17-11-5-6-12-18(17)24-21)20(25)22-16-13-7-9-14-8-3-4-10-15(14)16/h3-13,19H,2H2,1H3,(H,22,25)(H,23,24)/t19-/m0/s1. The number of aromatic nitrogens is 2. The molecule has 0 aliphatic rings. The summed E-state index contributed by atoms with van der Waals surface area (Å²) in [6, 6.07) is 21.9. The number of carbonyl (C=O) groups excluding carboxylic acids is 1. The smallest absolute Gasteiger partial charge is 0.237 e. The first-order chi connectivity index (χ1) is 12.7. The average molecular weight is 361 g/mol. The fourth-order valence-corrected chi connectivity index (χ4v) is 3.91. The molecule has 0 aliphatic carbocycles. The largest absolute Gasteiger partial charge is 0.333 e. The Morgan fingerprint density at radius 3 is 2.69 bits per heavy atom. The first kappa shape index (κ1) is 16.7. The van der Waals surface area contributed by atoms with Crippen LogP contribution in [0.3, 0.4) is 0 Å². The fourth-order valence-electron chi connectivity index (χ4n) is 2.99. The van der Waals surface area contributed by atoms with Crippen LogP contribution in [-0.2, 0) is 4.79 Å². The Labute approximate surface area is 156 Å². The molecule has 4 nitrogen and oxygen atoms in total. The van der Waals surface area contributed by atoms with Crippen LogP contribution >= 0.6 is 11.8 Å². The van der Waals surface area contributed by atoms with Crippen molar-refractivity contribution in [1.29, 1.82) is 0 Å². The van der Waals surface area contributed by atoms with E-state index in [4.69, 9.17) is 0 Å². The molecule has 1 atom stereocenters. The minimum Gasteiger partial charge on any atom is -0.333 e. The maximum Gasteiger partial charge on any atom is 0.237 e. The van der Waals surface area contributed by atoms with E-state index in [0.717, 1.165) is 39.1 Å². The molecule has 1 amide bonds. The number of anilines is 1. The minimum absolute atomic E-state index is 0.00527. The van der Waals surface area contributed by atoms with Crippen molar-refractivity contribution in [1.82, 2.24) is 9.97 Å². The van der Waals surface area contributed by atoms with E-state index in [0.29, 0.717) is 0 Å². The summed E-state index contributed by atoms with van der Waals surface area (Å²) in [5.41, 5.74) is 2.75. The molecule has 0 spiro atoms. The number of hydrogen-bond donors (Lipinski definition) is 2. The highest BCUT2D eigenvalue weighted by Gasteiger charge is 2.20. The molecule has 26 heavy (non-hydrogen) atoms. The number of thioether (sulfide) groups is 1. The molecule has 0 bridgehead atoms.